The van der Waals surface area contributed by atoms with Crippen molar-refractivity contribution < 1.29 is 9.59 Å². The van der Waals surface area contributed by atoms with Crippen molar-refractivity contribution in [3.8, 4) is 0 Å². The zero-order valence-corrected chi connectivity index (χ0v) is 9.38. The molecule has 1 saturated heterocycles. The van der Waals surface area contributed by atoms with Gasteiger partial charge in [-0.05, 0) is 11.6 Å². The van der Waals surface area contributed by atoms with Crippen LogP contribution in [0.5, 0.6) is 0 Å². The van der Waals surface area contributed by atoms with Crippen LogP contribution in [0.1, 0.15) is 5.01 Å². The lowest BCUT2D eigenvalue weighted by Crippen LogP contribution is -2.30. The van der Waals surface area contributed by atoms with E-state index in [-0.39, 0.29) is 25.0 Å². The Morgan fingerprint density at radius 1 is 1.47 bits per heavy atom. The molecule has 1 aromatic rings. The summed E-state index contributed by atoms with van der Waals surface area (Å²) < 4.78 is 0.303. The van der Waals surface area contributed by atoms with E-state index in [4.69, 9.17) is 11.6 Å². The van der Waals surface area contributed by atoms with Crippen LogP contribution in [0.2, 0.25) is 4.47 Å². The predicted molar refractivity (Wildman–Crippen MR) is 53.5 cm³/mol. The molecule has 2 rings (SSSR count). The lowest BCUT2D eigenvalue weighted by atomic mass is 10.5. The first-order valence-corrected chi connectivity index (χ1v) is 5.30. The van der Waals surface area contributed by atoms with Crippen LogP contribution in [-0.2, 0) is 11.3 Å². The van der Waals surface area contributed by atoms with Gasteiger partial charge >= 0.3 is 6.03 Å². The molecule has 1 aliphatic rings. The van der Waals surface area contributed by atoms with E-state index in [2.05, 4.69) is 10.2 Å². The maximum Gasteiger partial charge on any atom is 0.327 e. The first-order chi connectivity index (χ1) is 7.08. The molecule has 2 heterocycles. The molecule has 1 fully saturated rings. The van der Waals surface area contributed by atoms with E-state index in [1.165, 1.54) is 4.90 Å². The summed E-state index contributed by atoms with van der Waals surface area (Å²) in [4.78, 5) is 25.4. The maximum absolute atomic E-state index is 11.5. The van der Waals surface area contributed by atoms with Gasteiger partial charge in [-0.25, -0.2) is 4.79 Å². The zero-order chi connectivity index (χ0) is 11.0. The summed E-state index contributed by atoms with van der Waals surface area (Å²) in [6, 6.07) is -0.314. The number of amides is 3. The van der Waals surface area contributed by atoms with Crippen molar-refractivity contribution in [2.45, 2.75) is 6.54 Å². The van der Waals surface area contributed by atoms with Crippen LogP contribution in [0.4, 0.5) is 4.79 Å². The second-order valence-corrected chi connectivity index (χ2v) is 4.71. The van der Waals surface area contributed by atoms with E-state index < -0.39 is 0 Å². The molecule has 0 N–H and O–H groups in total. The third kappa shape index (κ3) is 1.93. The van der Waals surface area contributed by atoms with E-state index >= 15 is 0 Å². The summed E-state index contributed by atoms with van der Waals surface area (Å²) in [7, 11) is 1.58. The number of aromatic nitrogens is 2. The molecule has 0 radical (unpaired) electrons. The van der Waals surface area contributed by atoms with Crippen molar-refractivity contribution in [1.82, 2.24) is 20.0 Å². The highest BCUT2D eigenvalue weighted by molar-refractivity contribution is 7.15. The fourth-order valence-electron chi connectivity index (χ4n) is 1.26. The summed E-state index contributed by atoms with van der Waals surface area (Å²) in [5.74, 6) is -0.228. The number of urea groups is 1. The molecular weight excluding hydrogens is 240 g/mol. The molecular formula is C7H7ClN4O2S. The minimum Gasteiger partial charge on any atom is -0.318 e. The minimum atomic E-state index is -0.314. The van der Waals surface area contributed by atoms with Crippen LogP contribution in [0.15, 0.2) is 0 Å². The smallest absolute Gasteiger partial charge is 0.318 e. The third-order valence-corrected chi connectivity index (χ3v) is 2.97. The summed E-state index contributed by atoms with van der Waals surface area (Å²) in [6.45, 7) is 0.262. The van der Waals surface area contributed by atoms with Crippen molar-refractivity contribution in [2.24, 2.45) is 0 Å². The number of nitrogens with zero attached hydrogens (tertiary/aromatic N) is 4. The minimum absolute atomic E-state index is 0.116. The monoisotopic (exact) mass is 246 g/mol. The molecule has 0 aliphatic carbocycles. The second kappa shape index (κ2) is 3.74. The van der Waals surface area contributed by atoms with E-state index in [9.17, 15) is 9.59 Å². The van der Waals surface area contributed by atoms with Crippen LogP contribution in [0.3, 0.4) is 0 Å². The van der Waals surface area contributed by atoms with Crippen molar-refractivity contribution in [2.75, 3.05) is 13.6 Å². The van der Waals surface area contributed by atoms with Gasteiger partial charge in [0.05, 0.1) is 6.54 Å². The van der Waals surface area contributed by atoms with Crippen molar-refractivity contribution in [1.29, 1.82) is 0 Å². The van der Waals surface area contributed by atoms with E-state index in [0.29, 0.717) is 9.47 Å². The molecule has 0 saturated carbocycles. The van der Waals surface area contributed by atoms with Crippen LogP contribution in [0, 0.1) is 0 Å². The highest BCUT2D eigenvalue weighted by Gasteiger charge is 2.34. The van der Waals surface area contributed by atoms with Gasteiger partial charge in [-0.2, -0.15) is 0 Å². The summed E-state index contributed by atoms with van der Waals surface area (Å²) >= 11 is 6.75. The Morgan fingerprint density at radius 3 is 2.67 bits per heavy atom. The highest BCUT2D eigenvalue weighted by atomic mass is 35.5. The molecule has 0 atom stereocenters. The number of imide groups is 1. The largest absolute Gasteiger partial charge is 0.327 e. The Morgan fingerprint density at radius 2 is 2.20 bits per heavy atom. The Hall–Kier alpha value is -1.21. The van der Waals surface area contributed by atoms with Crippen molar-refractivity contribution >= 4 is 34.9 Å². The van der Waals surface area contributed by atoms with E-state index in [1.54, 1.807) is 7.05 Å². The lowest BCUT2D eigenvalue weighted by Gasteiger charge is -2.11. The van der Waals surface area contributed by atoms with Gasteiger partial charge in [-0.15, -0.1) is 10.2 Å². The number of carbonyl (C=O) groups is 2. The first kappa shape index (κ1) is 10.3. The highest BCUT2D eigenvalue weighted by Crippen LogP contribution is 2.19. The van der Waals surface area contributed by atoms with E-state index in [1.807, 2.05) is 0 Å². The Balaban J connectivity index is 2.12. The molecule has 3 amide bonds. The average molecular weight is 247 g/mol. The van der Waals surface area contributed by atoms with Crippen molar-refractivity contribution in [3.63, 3.8) is 0 Å². The fourth-order valence-corrected chi connectivity index (χ4v) is 2.11. The van der Waals surface area contributed by atoms with Crippen LogP contribution in [-0.4, -0.2) is 45.5 Å². The number of likely N-dealkylation sites (N-methyl/N-ethyl adjacent to an activating group) is 1. The molecule has 80 valence electrons. The average Bonchev–Trinajstić information content (AvgIpc) is 2.67. The molecule has 0 bridgehead atoms. The lowest BCUT2D eigenvalue weighted by molar-refractivity contribution is -0.125. The fraction of sp³-hybridized carbons (Fsp3) is 0.429. The number of rotatable bonds is 2. The SMILES string of the molecule is CN1CC(=O)N(Cc2nnc(Cl)s2)C1=O. The van der Waals surface area contributed by atoms with Gasteiger partial charge in [0.15, 0.2) is 0 Å². The molecule has 1 aliphatic heterocycles. The van der Waals surface area contributed by atoms with Gasteiger partial charge in [0.25, 0.3) is 5.91 Å². The predicted octanol–water partition coefficient (Wildman–Crippen LogP) is 0.585. The van der Waals surface area contributed by atoms with Crippen molar-refractivity contribution in [3.05, 3.63) is 9.47 Å². The Bertz CT molecular complexity index is 421. The number of hydrogen-bond acceptors (Lipinski definition) is 5. The molecule has 0 spiro atoms. The van der Waals surface area contributed by atoms with Crippen LogP contribution < -0.4 is 0 Å². The molecule has 8 heteroatoms. The molecule has 15 heavy (non-hydrogen) atoms. The summed E-state index contributed by atoms with van der Waals surface area (Å²) in [5, 5.41) is 7.90. The number of carbonyl (C=O) groups excluding carboxylic acids is 2. The Kier molecular flexibility index (Phi) is 2.57. The van der Waals surface area contributed by atoms with Gasteiger partial charge in [-0.1, -0.05) is 11.3 Å². The van der Waals surface area contributed by atoms with Gasteiger partial charge < -0.3 is 4.90 Å². The molecule has 1 aromatic heterocycles. The van der Waals surface area contributed by atoms with Crippen LogP contribution >= 0.6 is 22.9 Å². The van der Waals surface area contributed by atoms with Gasteiger partial charge in [-0.3, -0.25) is 9.69 Å². The van der Waals surface area contributed by atoms with Gasteiger partial charge in [0.1, 0.15) is 11.6 Å². The second-order valence-electron chi connectivity index (χ2n) is 3.07. The van der Waals surface area contributed by atoms with Gasteiger partial charge in [0.2, 0.25) is 4.47 Å². The Labute approximate surface area is 94.4 Å². The topological polar surface area (TPSA) is 66.4 Å². The number of halogens is 1. The quantitative estimate of drug-likeness (QED) is 0.717. The zero-order valence-electron chi connectivity index (χ0n) is 7.81. The summed E-state index contributed by atoms with van der Waals surface area (Å²) in [5.41, 5.74) is 0. The summed E-state index contributed by atoms with van der Waals surface area (Å²) in [6.07, 6.45) is 0. The number of hydrogen-bond donors (Lipinski definition) is 0. The van der Waals surface area contributed by atoms with Crippen LogP contribution in [0.25, 0.3) is 0 Å². The maximum atomic E-state index is 11.5. The molecule has 0 unspecified atom stereocenters. The first-order valence-electron chi connectivity index (χ1n) is 4.11. The molecule has 6 nitrogen and oxygen atoms in total. The third-order valence-electron chi connectivity index (χ3n) is 1.97. The standard InChI is InChI=1S/C7H7ClN4O2S/c1-11-3-5(13)12(7(11)14)2-4-9-10-6(8)15-4/h2-3H2,1H3. The normalized spacial score (nSPS) is 16.7. The van der Waals surface area contributed by atoms with Gasteiger partial charge in [0, 0.05) is 7.05 Å². The van der Waals surface area contributed by atoms with E-state index in [0.717, 1.165) is 16.2 Å². The molecule has 0 aromatic carbocycles.